The first-order chi connectivity index (χ1) is 7.66. The molecule has 0 saturated carbocycles. The zero-order chi connectivity index (χ0) is 11.5. The van der Waals surface area contributed by atoms with Crippen molar-refractivity contribution in [2.75, 3.05) is 0 Å². The third-order valence-electron chi connectivity index (χ3n) is 2.34. The highest BCUT2D eigenvalue weighted by molar-refractivity contribution is 6.58. The van der Waals surface area contributed by atoms with Crippen molar-refractivity contribution in [1.29, 1.82) is 0 Å². The first-order valence-corrected chi connectivity index (χ1v) is 4.89. The highest BCUT2D eigenvalue weighted by Gasteiger charge is 2.11. The average Bonchev–Trinajstić information content (AvgIpc) is 2.29. The maximum absolute atomic E-state index is 13.0. The highest BCUT2D eigenvalue weighted by Crippen LogP contribution is 2.18. The minimum atomic E-state index is -1.51. The number of benzene rings is 2. The summed E-state index contributed by atoms with van der Waals surface area (Å²) in [4.78, 5) is 0. The molecule has 2 aromatic carbocycles. The molecule has 0 radical (unpaired) electrons. The molecule has 2 N–H and O–H groups in total. The van der Waals surface area contributed by atoms with E-state index < -0.39 is 7.12 Å². The van der Waals surface area contributed by atoms with Gasteiger partial charge < -0.3 is 10.0 Å². The Hall–Kier alpha value is -1.65. The maximum Gasteiger partial charge on any atom is 0.488 e. The normalized spacial score (nSPS) is 10.2. The van der Waals surface area contributed by atoms with E-state index in [2.05, 4.69) is 0 Å². The third-order valence-corrected chi connectivity index (χ3v) is 2.34. The van der Waals surface area contributed by atoms with Crippen LogP contribution in [0.2, 0.25) is 0 Å². The van der Waals surface area contributed by atoms with Crippen LogP contribution in [-0.4, -0.2) is 17.2 Å². The van der Waals surface area contributed by atoms with Crippen LogP contribution in [0.3, 0.4) is 0 Å². The first kappa shape index (κ1) is 10.9. The fraction of sp³-hybridized carbons (Fsp3) is 0. The SMILES string of the molecule is OB(O)c1cccc(-c2cccc(F)c2)c1. The van der Waals surface area contributed by atoms with Gasteiger partial charge in [-0.15, -0.1) is 0 Å². The van der Waals surface area contributed by atoms with Gasteiger partial charge in [0.2, 0.25) is 0 Å². The van der Waals surface area contributed by atoms with E-state index in [1.807, 2.05) is 0 Å². The molecule has 0 saturated heterocycles. The molecule has 0 aliphatic carbocycles. The third kappa shape index (κ3) is 2.29. The summed E-state index contributed by atoms with van der Waals surface area (Å²) in [5.74, 6) is -0.313. The van der Waals surface area contributed by atoms with Gasteiger partial charge in [0.05, 0.1) is 0 Å². The van der Waals surface area contributed by atoms with Gasteiger partial charge in [-0.1, -0.05) is 36.4 Å². The second-order valence-corrected chi connectivity index (χ2v) is 3.51. The van der Waals surface area contributed by atoms with Gasteiger partial charge in [-0.25, -0.2) is 4.39 Å². The van der Waals surface area contributed by atoms with Gasteiger partial charge in [0.25, 0.3) is 0 Å². The summed E-state index contributed by atoms with van der Waals surface area (Å²) in [6, 6.07) is 12.9. The fourth-order valence-corrected chi connectivity index (χ4v) is 1.55. The summed E-state index contributed by atoms with van der Waals surface area (Å²) in [5.41, 5.74) is 1.86. The molecule has 4 heteroatoms. The molecule has 0 amide bonds. The Balaban J connectivity index is 2.44. The van der Waals surface area contributed by atoms with Crippen molar-refractivity contribution in [2.45, 2.75) is 0 Å². The molecule has 0 aliphatic rings. The Morgan fingerprint density at radius 1 is 0.875 bits per heavy atom. The van der Waals surface area contributed by atoms with Crippen LogP contribution in [0.15, 0.2) is 48.5 Å². The van der Waals surface area contributed by atoms with Crippen LogP contribution in [0, 0.1) is 5.82 Å². The Morgan fingerprint density at radius 3 is 2.12 bits per heavy atom. The van der Waals surface area contributed by atoms with Crippen LogP contribution in [0.5, 0.6) is 0 Å². The van der Waals surface area contributed by atoms with E-state index in [-0.39, 0.29) is 5.82 Å². The molecular weight excluding hydrogens is 206 g/mol. The predicted octanol–water partition coefficient (Wildman–Crippen LogP) is 1.17. The number of rotatable bonds is 2. The van der Waals surface area contributed by atoms with Crippen LogP contribution < -0.4 is 5.46 Å². The minimum Gasteiger partial charge on any atom is -0.423 e. The molecule has 2 aromatic rings. The Morgan fingerprint density at radius 2 is 1.50 bits per heavy atom. The summed E-state index contributed by atoms with van der Waals surface area (Å²) >= 11 is 0. The lowest BCUT2D eigenvalue weighted by atomic mass is 9.79. The van der Waals surface area contributed by atoms with Crippen molar-refractivity contribution in [3.63, 3.8) is 0 Å². The van der Waals surface area contributed by atoms with Crippen molar-refractivity contribution in [3.05, 3.63) is 54.3 Å². The first-order valence-electron chi connectivity index (χ1n) is 4.89. The topological polar surface area (TPSA) is 40.5 Å². The van der Waals surface area contributed by atoms with Gasteiger partial charge >= 0.3 is 7.12 Å². The lowest BCUT2D eigenvalue weighted by Crippen LogP contribution is -2.29. The van der Waals surface area contributed by atoms with Gasteiger partial charge in [-0.05, 0) is 28.7 Å². The number of hydrogen-bond acceptors (Lipinski definition) is 2. The van der Waals surface area contributed by atoms with Crippen LogP contribution in [0.1, 0.15) is 0 Å². The van der Waals surface area contributed by atoms with Crippen molar-refractivity contribution in [1.82, 2.24) is 0 Å². The zero-order valence-electron chi connectivity index (χ0n) is 8.47. The molecule has 0 unspecified atom stereocenters. The fourth-order valence-electron chi connectivity index (χ4n) is 1.55. The highest BCUT2D eigenvalue weighted by atomic mass is 19.1. The summed E-state index contributed by atoms with van der Waals surface area (Å²) in [5, 5.41) is 18.1. The molecular formula is C12H10BFO2. The van der Waals surface area contributed by atoms with Crippen LogP contribution in [0.25, 0.3) is 11.1 Å². The van der Waals surface area contributed by atoms with Crippen LogP contribution in [-0.2, 0) is 0 Å². The average molecular weight is 216 g/mol. The van der Waals surface area contributed by atoms with E-state index in [4.69, 9.17) is 10.0 Å². The van der Waals surface area contributed by atoms with Gasteiger partial charge in [0, 0.05) is 0 Å². The molecule has 0 bridgehead atoms. The van der Waals surface area contributed by atoms with Gasteiger partial charge in [-0.3, -0.25) is 0 Å². The maximum atomic E-state index is 13.0. The summed E-state index contributed by atoms with van der Waals surface area (Å²) in [6.07, 6.45) is 0. The molecule has 2 rings (SSSR count). The molecule has 0 heterocycles. The van der Waals surface area contributed by atoms with E-state index in [9.17, 15) is 4.39 Å². The Labute approximate surface area is 93.1 Å². The number of hydrogen-bond donors (Lipinski definition) is 2. The van der Waals surface area contributed by atoms with Crippen molar-refractivity contribution in [3.8, 4) is 11.1 Å². The molecule has 0 fully saturated rings. The minimum absolute atomic E-state index is 0.313. The molecule has 2 nitrogen and oxygen atoms in total. The Bertz CT molecular complexity index is 500. The molecule has 16 heavy (non-hydrogen) atoms. The molecule has 0 aromatic heterocycles. The van der Waals surface area contributed by atoms with Crippen molar-refractivity contribution < 1.29 is 14.4 Å². The van der Waals surface area contributed by atoms with E-state index in [0.29, 0.717) is 11.0 Å². The monoisotopic (exact) mass is 216 g/mol. The standard InChI is InChI=1S/C12H10BFO2/c14-12-6-2-4-10(8-12)9-3-1-5-11(7-9)13(15)16/h1-8,15-16H. The van der Waals surface area contributed by atoms with Crippen LogP contribution >= 0.6 is 0 Å². The molecule has 0 aliphatic heterocycles. The summed E-state index contributed by atoms with van der Waals surface area (Å²) in [6.45, 7) is 0. The van der Waals surface area contributed by atoms with E-state index >= 15 is 0 Å². The second kappa shape index (κ2) is 4.47. The summed E-state index contributed by atoms with van der Waals surface area (Å²) in [7, 11) is -1.51. The largest absolute Gasteiger partial charge is 0.488 e. The van der Waals surface area contributed by atoms with E-state index in [1.54, 1.807) is 36.4 Å². The zero-order valence-corrected chi connectivity index (χ0v) is 8.47. The quantitative estimate of drug-likeness (QED) is 0.739. The van der Waals surface area contributed by atoms with Crippen LogP contribution in [0.4, 0.5) is 4.39 Å². The lowest BCUT2D eigenvalue weighted by molar-refractivity contribution is 0.426. The van der Waals surface area contributed by atoms with Gasteiger partial charge in [0.1, 0.15) is 5.82 Å². The molecule has 80 valence electrons. The molecule has 0 atom stereocenters. The van der Waals surface area contributed by atoms with Gasteiger partial charge in [-0.2, -0.15) is 0 Å². The lowest BCUT2D eigenvalue weighted by Gasteiger charge is -2.04. The van der Waals surface area contributed by atoms with Crippen molar-refractivity contribution in [2.24, 2.45) is 0 Å². The second-order valence-electron chi connectivity index (χ2n) is 3.51. The Kier molecular flexibility index (Phi) is 3.03. The smallest absolute Gasteiger partial charge is 0.423 e. The van der Waals surface area contributed by atoms with Gasteiger partial charge in [0.15, 0.2) is 0 Å². The molecule has 0 spiro atoms. The summed E-state index contributed by atoms with van der Waals surface area (Å²) < 4.78 is 13.0. The predicted molar refractivity (Wildman–Crippen MR) is 61.7 cm³/mol. The van der Waals surface area contributed by atoms with E-state index in [0.717, 1.165) is 5.56 Å². The van der Waals surface area contributed by atoms with Crippen molar-refractivity contribution >= 4 is 12.6 Å². The number of halogens is 1. The van der Waals surface area contributed by atoms with E-state index in [1.165, 1.54) is 12.1 Å².